The number of pyridine rings is 1. The van der Waals surface area contributed by atoms with Crippen LogP contribution in [0, 0.1) is 6.92 Å². The van der Waals surface area contributed by atoms with Crippen molar-refractivity contribution in [2.75, 3.05) is 24.3 Å². The summed E-state index contributed by atoms with van der Waals surface area (Å²) in [5.74, 6) is 0.579. The number of hydrogen-bond donors (Lipinski definition) is 2. The van der Waals surface area contributed by atoms with Gasteiger partial charge in [-0.25, -0.2) is 4.98 Å². The van der Waals surface area contributed by atoms with Gasteiger partial charge in [0.2, 0.25) is 0 Å². The summed E-state index contributed by atoms with van der Waals surface area (Å²) in [4.78, 5) is 18.6. The Bertz CT molecular complexity index is 820. The smallest absolute Gasteiger partial charge is 0.276 e. The van der Waals surface area contributed by atoms with E-state index in [1.807, 2.05) is 56.3 Å². The molecule has 3 rings (SSSR count). The quantitative estimate of drug-likeness (QED) is 0.779. The maximum atomic E-state index is 12.4. The first-order valence-electron chi connectivity index (χ1n) is 6.94. The standard InChI is InChI=1S/C16H17N5O/c1-10-4-6-13-12(8-10)15(20-19-13)16(22)18-11-5-7-14(17-9-11)21(2)3/h4-9H,1-3H3,(H,18,22)(H,19,20). The van der Waals surface area contributed by atoms with Gasteiger partial charge in [0.25, 0.3) is 5.91 Å². The molecule has 1 amide bonds. The Morgan fingerprint density at radius 3 is 2.73 bits per heavy atom. The fourth-order valence-corrected chi connectivity index (χ4v) is 2.22. The van der Waals surface area contributed by atoms with Gasteiger partial charge in [0, 0.05) is 19.5 Å². The number of carbonyl (C=O) groups excluding carboxylic acids is 1. The Kier molecular flexibility index (Phi) is 3.50. The summed E-state index contributed by atoms with van der Waals surface area (Å²) in [6, 6.07) is 9.51. The third-order valence-electron chi connectivity index (χ3n) is 3.40. The first-order chi connectivity index (χ1) is 10.5. The van der Waals surface area contributed by atoms with E-state index in [1.54, 1.807) is 6.20 Å². The minimum atomic E-state index is -0.253. The second kappa shape index (κ2) is 5.48. The van der Waals surface area contributed by atoms with E-state index in [0.29, 0.717) is 11.4 Å². The molecule has 6 nitrogen and oxygen atoms in total. The fraction of sp³-hybridized carbons (Fsp3) is 0.188. The molecule has 0 spiro atoms. The van der Waals surface area contributed by atoms with E-state index in [-0.39, 0.29) is 5.91 Å². The number of rotatable bonds is 3. The molecule has 0 bridgehead atoms. The summed E-state index contributed by atoms with van der Waals surface area (Å²) in [6.07, 6.45) is 1.63. The fourth-order valence-electron chi connectivity index (χ4n) is 2.22. The molecule has 6 heteroatoms. The van der Waals surface area contributed by atoms with Crippen molar-refractivity contribution in [2.24, 2.45) is 0 Å². The molecule has 0 aliphatic carbocycles. The molecule has 3 aromatic rings. The summed E-state index contributed by atoms with van der Waals surface area (Å²) in [5.41, 5.74) is 2.95. The zero-order valence-electron chi connectivity index (χ0n) is 12.7. The molecule has 112 valence electrons. The van der Waals surface area contributed by atoms with Gasteiger partial charge in [-0.15, -0.1) is 0 Å². The van der Waals surface area contributed by atoms with Gasteiger partial charge in [0.05, 0.1) is 17.4 Å². The van der Waals surface area contributed by atoms with Crippen molar-refractivity contribution in [1.29, 1.82) is 0 Å². The molecule has 0 atom stereocenters. The van der Waals surface area contributed by atoms with Crippen molar-refractivity contribution in [3.8, 4) is 0 Å². The first kappa shape index (κ1) is 14.1. The Labute approximate surface area is 128 Å². The minimum absolute atomic E-state index is 0.253. The lowest BCUT2D eigenvalue weighted by Crippen LogP contribution is -2.14. The lowest BCUT2D eigenvalue weighted by atomic mass is 10.1. The number of nitrogens with zero attached hydrogens (tertiary/aromatic N) is 3. The van der Waals surface area contributed by atoms with Crippen LogP contribution in [0.5, 0.6) is 0 Å². The highest BCUT2D eigenvalue weighted by Gasteiger charge is 2.14. The average Bonchev–Trinajstić information content (AvgIpc) is 2.90. The summed E-state index contributed by atoms with van der Waals surface area (Å²) < 4.78 is 0. The minimum Gasteiger partial charge on any atom is -0.363 e. The third kappa shape index (κ3) is 2.63. The van der Waals surface area contributed by atoms with Crippen molar-refractivity contribution in [1.82, 2.24) is 15.2 Å². The normalized spacial score (nSPS) is 10.7. The van der Waals surface area contributed by atoms with Crippen LogP contribution in [0.1, 0.15) is 16.1 Å². The van der Waals surface area contributed by atoms with E-state index in [1.165, 1.54) is 0 Å². The zero-order valence-corrected chi connectivity index (χ0v) is 12.7. The third-order valence-corrected chi connectivity index (χ3v) is 3.40. The first-order valence-corrected chi connectivity index (χ1v) is 6.94. The highest BCUT2D eigenvalue weighted by atomic mass is 16.1. The van der Waals surface area contributed by atoms with Crippen LogP contribution in [0.3, 0.4) is 0 Å². The number of aryl methyl sites for hydroxylation is 1. The number of benzene rings is 1. The van der Waals surface area contributed by atoms with Gasteiger partial charge < -0.3 is 10.2 Å². The number of H-pyrrole nitrogens is 1. The Morgan fingerprint density at radius 2 is 2.05 bits per heavy atom. The van der Waals surface area contributed by atoms with Crippen molar-refractivity contribution in [2.45, 2.75) is 6.92 Å². The number of fused-ring (bicyclic) bond motifs is 1. The monoisotopic (exact) mass is 295 g/mol. The molecule has 0 saturated heterocycles. The molecule has 0 aliphatic rings. The predicted molar refractivity (Wildman–Crippen MR) is 87.3 cm³/mol. The van der Waals surface area contributed by atoms with Gasteiger partial charge in [-0.3, -0.25) is 9.89 Å². The Balaban J connectivity index is 1.85. The highest BCUT2D eigenvalue weighted by Crippen LogP contribution is 2.19. The number of aromatic nitrogens is 3. The van der Waals surface area contributed by atoms with Gasteiger partial charge in [0.15, 0.2) is 5.69 Å². The number of nitrogens with one attached hydrogen (secondary N) is 2. The largest absolute Gasteiger partial charge is 0.363 e. The summed E-state index contributed by atoms with van der Waals surface area (Å²) in [7, 11) is 3.83. The Morgan fingerprint density at radius 1 is 1.23 bits per heavy atom. The van der Waals surface area contributed by atoms with Gasteiger partial charge in [0.1, 0.15) is 5.82 Å². The molecule has 0 fully saturated rings. The summed E-state index contributed by atoms with van der Waals surface area (Å²) in [5, 5.41) is 10.6. The van der Waals surface area contributed by atoms with E-state index in [9.17, 15) is 4.79 Å². The van der Waals surface area contributed by atoms with E-state index < -0.39 is 0 Å². The van der Waals surface area contributed by atoms with Crippen LogP contribution >= 0.6 is 0 Å². The van der Waals surface area contributed by atoms with Crippen LogP contribution in [0.25, 0.3) is 10.9 Å². The zero-order chi connectivity index (χ0) is 15.7. The molecular weight excluding hydrogens is 278 g/mol. The van der Waals surface area contributed by atoms with Crippen LogP contribution in [-0.4, -0.2) is 35.2 Å². The van der Waals surface area contributed by atoms with E-state index >= 15 is 0 Å². The Hall–Kier alpha value is -2.89. The lowest BCUT2D eigenvalue weighted by Gasteiger charge is -2.11. The topological polar surface area (TPSA) is 73.9 Å². The van der Waals surface area contributed by atoms with Gasteiger partial charge in [-0.1, -0.05) is 11.6 Å². The molecule has 22 heavy (non-hydrogen) atoms. The van der Waals surface area contributed by atoms with Crippen molar-refractivity contribution < 1.29 is 4.79 Å². The molecular formula is C16H17N5O. The molecule has 2 aromatic heterocycles. The molecule has 2 N–H and O–H groups in total. The number of carbonyl (C=O) groups is 1. The van der Waals surface area contributed by atoms with Crippen LogP contribution in [0.15, 0.2) is 36.5 Å². The molecule has 0 saturated carbocycles. The van der Waals surface area contributed by atoms with Crippen LogP contribution < -0.4 is 10.2 Å². The maximum absolute atomic E-state index is 12.4. The van der Waals surface area contributed by atoms with Crippen molar-refractivity contribution in [3.63, 3.8) is 0 Å². The van der Waals surface area contributed by atoms with Crippen molar-refractivity contribution >= 4 is 28.3 Å². The van der Waals surface area contributed by atoms with Gasteiger partial charge in [-0.2, -0.15) is 5.10 Å². The molecule has 0 aliphatic heterocycles. The SMILES string of the molecule is Cc1ccc2[nH]nc(C(=O)Nc3ccc(N(C)C)nc3)c2c1. The number of anilines is 2. The second-order valence-electron chi connectivity index (χ2n) is 5.37. The maximum Gasteiger partial charge on any atom is 0.276 e. The molecule has 2 heterocycles. The number of amides is 1. The van der Waals surface area contributed by atoms with E-state index in [4.69, 9.17) is 0 Å². The van der Waals surface area contributed by atoms with Gasteiger partial charge >= 0.3 is 0 Å². The van der Waals surface area contributed by atoms with Crippen LogP contribution in [0.2, 0.25) is 0 Å². The molecule has 0 radical (unpaired) electrons. The van der Waals surface area contributed by atoms with Crippen LogP contribution in [0.4, 0.5) is 11.5 Å². The average molecular weight is 295 g/mol. The highest BCUT2D eigenvalue weighted by molar-refractivity contribution is 6.11. The number of hydrogen-bond acceptors (Lipinski definition) is 4. The predicted octanol–water partition coefficient (Wildman–Crippen LogP) is 2.58. The summed E-state index contributed by atoms with van der Waals surface area (Å²) >= 11 is 0. The molecule has 1 aromatic carbocycles. The summed E-state index contributed by atoms with van der Waals surface area (Å²) in [6.45, 7) is 1.98. The van der Waals surface area contributed by atoms with E-state index in [0.717, 1.165) is 22.3 Å². The van der Waals surface area contributed by atoms with E-state index in [2.05, 4.69) is 20.5 Å². The van der Waals surface area contributed by atoms with Crippen LogP contribution in [-0.2, 0) is 0 Å². The lowest BCUT2D eigenvalue weighted by molar-refractivity contribution is 0.102. The molecule has 0 unspecified atom stereocenters. The van der Waals surface area contributed by atoms with Gasteiger partial charge in [-0.05, 0) is 31.2 Å². The van der Waals surface area contributed by atoms with Crippen molar-refractivity contribution in [3.05, 3.63) is 47.8 Å². The second-order valence-corrected chi connectivity index (χ2v) is 5.37. The number of aromatic amines is 1.